The molecular formula is C14H16FN3O2. The van der Waals surface area contributed by atoms with Gasteiger partial charge in [-0.25, -0.2) is 4.39 Å². The summed E-state index contributed by atoms with van der Waals surface area (Å²) in [7, 11) is 0. The van der Waals surface area contributed by atoms with Crippen LogP contribution in [0.5, 0.6) is 0 Å². The van der Waals surface area contributed by atoms with Crippen molar-refractivity contribution in [1.29, 1.82) is 0 Å². The van der Waals surface area contributed by atoms with Crippen LogP contribution in [0.1, 0.15) is 18.2 Å². The van der Waals surface area contributed by atoms with Gasteiger partial charge in [-0.15, -0.1) is 0 Å². The minimum atomic E-state index is -0.406. The Morgan fingerprint density at radius 3 is 2.70 bits per heavy atom. The fourth-order valence-electron chi connectivity index (χ4n) is 1.63. The first-order valence-corrected chi connectivity index (χ1v) is 6.26. The van der Waals surface area contributed by atoms with Crippen molar-refractivity contribution in [3.8, 4) is 0 Å². The molecule has 0 fully saturated rings. The zero-order chi connectivity index (χ0) is 14.5. The Morgan fingerprint density at radius 1 is 1.40 bits per heavy atom. The number of benzene rings is 1. The summed E-state index contributed by atoms with van der Waals surface area (Å²) >= 11 is 0. The molecule has 0 saturated heterocycles. The van der Waals surface area contributed by atoms with Crippen molar-refractivity contribution in [1.82, 2.24) is 10.5 Å². The summed E-state index contributed by atoms with van der Waals surface area (Å²) in [5.74, 6) is 0.538. The van der Waals surface area contributed by atoms with E-state index < -0.39 is 6.04 Å². The minimum absolute atomic E-state index is 0.208. The van der Waals surface area contributed by atoms with Gasteiger partial charge in [-0.05, 0) is 31.5 Å². The van der Waals surface area contributed by atoms with E-state index in [0.29, 0.717) is 18.1 Å². The first-order valence-electron chi connectivity index (χ1n) is 6.26. The summed E-state index contributed by atoms with van der Waals surface area (Å²) in [6, 6.07) is 7.36. The predicted octanol–water partition coefficient (Wildman–Crippen LogP) is 2.24. The van der Waals surface area contributed by atoms with Gasteiger partial charge >= 0.3 is 0 Å². The lowest BCUT2D eigenvalue weighted by Crippen LogP contribution is -2.37. The van der Waals surface area contributed by atoms with Crippen LogP contribution in [-0.2, 0) is 11.3 Å². The fourth-order valence-corrected chi connectivity index (χ4v) is 1.63. The topological polar surface area (TPSA) is 67.2 Å². The maximum absolute atomic E-state index is 12.8. The van der Waals surface area contributed by atoms with Gasteiger partial charge in [0.15, 0.2) is 5.82 Å². The standard InChI is InChI=1S/C14H16FN3O2/c1-9-7-13(18-20-9)17-14(19)10(2)16-8-11-3-5-12(15)6-4-11/h3-7,10,16H,8H2,1-2H3,(H,17,18,19)/t10-/m0/s1. The first kappa shape index (κ1) is 14.2. The van der Waals surface area contributed by atoms with E-state index >= 15 is 0 Å². The van der Waals surface area contributed by atoms with Gasteiger partial charge in [0.2, 0.25) is 5.91 Å². The second kappa shape index (κ2) is 6.29. The molecule has 2 rings (SSSR count). The Balaban J connectivity index is 1.83. The SMILES string of the molecule is Cc1cc(NC(=O)[C@H](C)NCc2ccc(F)cc2)no1. The van der Waals surface area contributed by atoms with Crippen molar-refractivity contribution in [2.75, 3.05) is 5.32 Å². The monoisotopic (exact) mass is 277 g/mol. The van der Waals surface area contributed by atoms with Crippen LogP contribution in [0.4, 0.5) is 10.2 Å². The lowest BCUT2D eigenvalue weighted by atomic mass is 10.2. The Kier molecular flexibility index (Phi) is 4.47. The number of hydrogen-bond acceptors (Lipinski definition) is 4. The quantitative estimate of drug-likeness (QED) is 0.879. The van der Waals surface area contributed by atoms with Crippen LogP contribution in [0.3, 0.4) is 0 Å². The van der Waals surface area contributed by atoms with E-state index in [1.54, 1.807) is 32.0 Å². The average molecular weight is 277 g/mol. The van der Waals surface area contributed by atoms with Gasteiger partial charge in [0.25, 0.3) is 0 Å². The van der Waals surface area contributed by atoms with Gasteiger partial charge in [0.05, 0.1) is 6.04 Å². The van der Waals surface area contributed by atoms with Gasteiger partial charge in [0, 0.05) is 12.6 Å². The van der Waals surface area contributed by atoms with Crippen molar-refractivity contribution in [2.45, 2.75) is 26.4 Å². The molecular weight excluding hydrogens is 261 g/mol. The number of carbonyl (C=O) groups excluding carboxylic acids is 1. The number of rotatable bonds is 5. The smallest absolute Gasteiger partial charge is 0.242 e. The molecule has 1 aromatic carbocycles. The number of nitrogens with zero attached hydrogens (tertiary/aromatic N) is 1. The Hall–Kier alpha value is -2.21. The molecule has 5 nitrogen and oxygen atoms in total. The largest absolute Gasteiger partial charge is 0.360 e. The van der Waals surface area contributed by atoms with E-state index in [0.717, 1.165) is 5.56 Å². The Morgan fingerprint density at radius 2 is 2.10 bits per heavy atom. The summed E-state index contributed by atoms with van der Waals surface area (Å²) in [4.78, 5) is 11.9. The number of hydrogen-bond donors (Lipinski definition) is 2. The zero-order valence-electron chi connectivity index (χ0n) is 11.3. The molecule has 20 heavy (non-hydrogen) atoms. The van der Waals surface area contributed by atoms with E-state index in [9.17, 15) is 9.18 Å². The summed E-state index contributed by atoms with van der Waals surface area (Å²) in [6.45, 7) is 3.97. The number of aromatic nitrogens is 1. The fraction of sp³-hybridized carbons (Fsp3) is 0.286. The maximum atomic E-state index is 12.8. The lowest BCUT2D eigenvalue weighted by Gasteiger charge is -2.12. The number of amides is 1. The molecule has 0 radical (unpaired) electrons. The predicted molar refractivity (Wildman–Crippen MR) is 72.6 cm³/mol. The molecule has 0 spiro atoms. The molecule has 2 aromatic rings. The molecule has 2 N–H and O–H groups in total. The third kappa shape index (κ3) is 3.89. The number of halogens is 1. The van der Waals surface area contributed by atoms with Crippen molar-refractivity contribution in [3.05, 3.63) is 47.5 Å². The van der Waals surface area contributed by atoms with E-state index in [-0.39, 0.29) is 11.7 Å². The van der Waals surface area contributed by atoms with Crippen LogP contribution in [-0.4, -0.2) is 17.1 Å². The van der Waals surface area contributed by atoms with Crippen LogP contribution in [0.2, 0.25) is 0 Å². The highest BCUT2D eigenvalue weighted by atomic mass is 19.1. The van der Waals surface area contributed by atoms with Gasteiger partial charge < -0.3 is 15.2 Å². The zero-order valence-corrected chi connectivity index (χ0v) is 11.3. The van der Waals surface area contributed by atoms with E-state index in [4.69, 9.17) is 4.52 Å². The van der Waals surface area contributed by atoms with E-state index in [1.807, 2.05) is 0 Å². The molecule has 0 aliphatic carbocycles. The lowest BCUT2D eigenvalue weighted by molar-refractivity contribution is -0.117. The van der Waals surface area contributed by atoms with Crippen LogP contribution >= 0.6 is 0 Å². The van der Waals surface area contributed by atoms with Crippen molar-refractivity contribution in [2.24, 2.45) is 0 Å². The maximum Gasteiger partial charge on any atom is 0.242 e. The third-order valence-corrected chi connectivity index (χ3v) is 2.80. The van der Waals surface area contributed by atoms with Crippen molar-refractivity contribution >= 4 is 11.7 Å². The number of anilines is 1. The van der Waals surface area contributed by atoms with Gasteiger partial charge in [-0.2, -0.15) is 0 Å². The molecule has 6 heteroatoms. The molecule has 1 heterocycles. The molecule has 0 bridgehead atoms. The number of carbonyl (C=O) groups is 1. The van der Waals surface area contributed by atoms with E-state index in [1.165, 1.54) is 12.1 Å². The molecule has 0 unspecified atom stereocenters. The summed E-state index contributed by atoms with van der Waals surface area (Å²) < 4.78 is 17.6. The first-order chi connectivity index (χ1) is 9.54. The molecule has 0 saturated carbocycles. The van der Waals surface area contributed by atoms with Gasteiger partial charge in [-0.3, -0.25) is 4.79 Å². The second-order valence-corrected chi connectivity index (χ2v) is 4.54. The minimum Gasteiger partial charge on any atom is -0.360 e. The number of nitrogens with one attached hydrogen (secondary N) is 2. The average Bonchev–Trinajstić information content (AvgIpc) is 2.83. The highest BCUT2D eigenvalue weighted by molar-refractivity contribution is 5.93. The van der Waals surface area contributed by atoms with Crippen molar-refractivity contribution in [3.63, 3.8) is 0 Å². The van der Waals surface area contributed by atoms with Crippen LogP contribution in [0.25, 0.3) is 0 Å². The molecule has 0 aliphatic rings. The van der Waals surface area contributed by atoms with Gasteiger partial charge in [-0.1, -0.05) is 17.3 Å². The molecule has 106 valence electrons. The second-order valence-electron chi connectivity index (χ2n) is 4.54. The Bertz CT molecular complexity index is 580. The van der Waals surface area contributed by atoms with Gasteiger partial charge in [0.1, 0.15) is 11.6 Å². The van der Waals surface area contributed by atoms with Crippen LogP contribution in [0, 0.1) is 12.7 Å². The molecule has 1 amide bonds. The third-order valence-electron chi connectivity index (χ3n) is 2.80. The van der Waals surface area contributed by atoms with Crippen LogP contribution in [0.15, 0.2) is 34.9 Å². The highest BCUT2D eigenvalue weighted by Crippen LogP contribution is 2.07. The molecule has 1 atom stereocenters. The molecule has 0 aliphatic heterocycles. The number of aryl methyl sites for hydroxylation is 1. The highest BCUT2D eigenvalue weighted by Gasteiger charge is 2.14. The summed E-state index contributed by atoms with van der Waals surface area (Å²) in [6.07, 6.45) is 0. The van der Waals surface area contributed by atoms with E-state index in [2.05, 4.69) is 15.8 Å². The van der Waals surface area contributed by atoms with Crippen LogP contribution < -0.4 is 10.6 Å². The Labute approximate surface area is 116 Å². The normalized spacial score (nSPS) is 12.2. The summed E-state index contributed by atoms with van der Waals surface area (Å²) in [5.41, 5.74) is 0.906. The van der Waals surface area contributed by atoms with Crippen molar-refractivity contribution < 1.29 is 13.7 Å². The molecule has 1 aromatic heterocycles. The summed E-state index contributed by atoms with van der Waals surface area (Å²) in [5, 5.41) is 9.38.